The average Bonchev–Trinajstić information content (AvgIpc) is 3.63. The van der Waals surface area contributed by atoms with Crippen LogP contribution in [0.15, 0.2) is 138 Å². The van der Waals surface area contributed by atoms with Crippen LogP contribution in [0, 0.1) is 5.41 Å². The molecule has 0 unspecified atom stereocenters. The van der Waals surface area contributed by atoms with Gasteiger partial charge in [-0.15, -0.1) is 0 Å². The van der Waals surface area contributed by atoms with Crippen molar-refractivity contribution in [3.63, 3.8) is 0 Å². The molecule has 0 atom stereocenters. The summed E-state index contributed by atoms with van der Waals surface area (Å²) in [6.45, 7) is 32.4. The van der Waals surface area contributed by atoms with Crippen LogP contribution in [-0.4, -0.2) is 9.97 Å². The fourth-order valence-electron chi connectivity index (χ4n) is 11.1. The van der Waals surface area contributed by atoms with E-state index in [1.54, 1.807) is 11.1 Å². The van der Waals surface area contributed by atoms with E-state index in [0.717, 1.165) is 57.5 Å². The first-order valence-corrected chi connectivity index (χ1v) is 27.4. The largest absolute Gasteiger partial charge is 0.243 e. The predicted octanol–water partition coefficient (Wildman–Crippen LogP) is 20.9. The smallest absolute Gasteiger partial charge is 0.0976 e. The minimum Gasteiger partial charge on any atom is -0.243 e. The van der Waals surface area contributed by atoms with Gasteiger partial charge in [0.1, 0.15) is 0 Å². The lowest BCUT2D eigenvalue weighted by Gasteiger charge is -2.34. The van der Waals surface area contributed by atoms with Gasteiger partial charge < -0.3 is 0 Å². The summed E-state index contributed by atoms with van der Waals surface area (Å²) in [7, 11) is 0. The van der Waals surface area contributed by atoms with E-state index in [1.807, 2.05) is 0 Å². The topological polar surface area (TPSA) is 25.8 Å². The van der Waals surface area contributed by atoms with E-state index in [2.05, 4.69) is 218 Å². The first-order valence-electron chi connectivity index (χ1n) is 27.4. The number of unbranched alkanes of at least 4 members (excludes halogenated alkanes) is 6. The molecule has 5 aromatic carbocycles. The van der Waals surface area contributed by atoms with Crippen LogP contribution in [0.3, 0.4) is 0 Å². The first kappa shape index (κ1) is 53.2. The highest BCUT2D eigenvalue weighted by molar-refractivity contribution is 5.99. The third-order valence-electron chi connectivity index (χ3n) is 15.9. The van der Waals surface area contributed by atoms with Crippen LogP contribution in [0.1, 0.15) is 207 Å². The SMILES string of the molecule is CCCCCCC1(CCCCCC)c2cc(/C(C)=C(C)/C=C(\CCC)c3ccc(/C(C)=C/C(C)=C(\C)C(C)(C)C)c4nc(-c5ccccc5)c(-c5ccccc5)nc34)ccc2-c2ccc(C(C)(C)C)cc21. The Kier molecular flexibility index (Phi) is 17.1. The summed E-state index contributed by atoms with van der Waals surface area (Å²) in [5.41, 5.74) is 24.9. The molecule has 0 saturated carbocycles. The fourth-order valence-corrected chi connectivity index (χ4v) is 11.1. The van der Waals surface area contributed by atoms with Crippen LogP contribution in [0.2, 0.25) is 0 Å². The lowest BCUT2D eigenvalue weighted by Crippen LogP contribution is -2.26. The Morgan fingerprint density at radius 2 is 1.04 bits per heavy atom. The lowest BCUT2D eigenvalue weighted by atomic mass is 9.69. The maximum atomic E-state index is 5.74. The molecule has 0 fully saturated rings. The maximum Gasteiger partial charge on any atom is 0.0976 e. The van der Waals surface area contributed by atoms with E-state index >= 15 is 0 Å². The van der Waals surface area contributed by atoms with Gasteiger partial charge in [-0.25, -0.2) is 9.97 Å². The van der Waals surface area contributed by atoms with Crippen molar-refractivity contribution in [2.75, 3.05) is 0 Å². The van der Waals surface area contributed by atoms with E-state index < -0.39 is 0 Å². The Morgan fingerprint density at radius 3 is 1.56 bits per heavy atom. The minimum atomic E-state index is 0.0154. The van der Waals surface area contributed by atoms with Gasteiger partial charge in [0.05, 0.1) is 22.4 Å². The Bertz CT molecular complexity index is 2930. The number of aromatic nitrogens is 2. The van der Waals surface area contributed by atoms with E-state index in [9.17, 15) is 0 Å². The van der Waals surface area contributed by atoms with E-state index in [4.69, 9.17) is 9.97 Å². The Hall–Kier alpha value is -5.60. The molecule has 71 heavy (non-hydrogen) atoms. The molecular formula is C69H86N2. The highest BCUT2D eigenvalue weighted by Gasteiger charge is 2.43. The van der Waals surface area contributed by atoms with Crippen molar-refractivity contribution in [3.8, 4) is 33.6 Å². The third kappa shape index (κ3) is 11.7. The number of allylic oxidation sites excluding steroid dienone is 8. The summed E-state index contributed by atoms with van der Waals surface area (Å²) in [5.74, 6) is 0. The molecule has 1 aromatic heterocycles. The zero-order valence-corrected chi connectivity index (χ0v) is 46.4. The van der Waals surface area contributed by atoms with Gasteiger partial charge in [-0.3, -0.25) is 0 Å². The van der Waals surface area contributed by atoms with Crippen molar-refractivity contribution in [2.24, 2.45) is 5.41 Å². The van der Waals surface area contributed by atoms with Gasteiger partial charge in [0.15, 0.2) is 0 Å². The molecule has 0 aliphatic heterocycles. The number of hydrogen-bond donors (Lipinski definition) is 0. The average molecular weight is 943 g/mol. The van der Waals surface area contributed by atoms with Crippen LogP contribution in [0.5, 0.6) is 0 Å². The fraction of sp³-hybridized carbons (Fsp3) is 0.420. The van der Waals surface area contributed by atoms with Gasteiger partial charge >= 0.3 is 0 Å². The number of rotatable bonds is 19. The van der Waals surface area contributed by atoms with Gasteiger partial charge in [-0.2, -0.15) is 0 Å². The molecule has 0 saturated heterocycles. The quantitative estimate of drug-likeness (QED) is 0.0597. The van der Waals surface area contributed by atoms with Gasteiger partial charge in [-0.05, 0) is 126 Å². The monoisotopic (exact) mass is 943 g/mol. The highest BCUT2D eigenvalue weighted by atomic mass is 14.8. The molecule has 372 valence electrons. The summed E-state index contributed by atoms with van der Waals surface area (Å²) in [6, 6.07) is 40.9. The highest BCUT2D eigenvalue weighted by Crippen LogP contribution is 2.56. The second-order valence-corrected chi connectivity index (χ2v) is 23.1. The van der Waals surface area contributed by atoms with Gasteiger partial charge in [-0.1, -0.05) is 247 Å². The molecule has 2 nitrogen and oxygen atoms in total. The lowest BCUT2D eigenvalue weighted by molar-refractivity contribution is 0.400. The molecule has 1 aliphatic carbocycles. The summed E-state index contributed by atoms with van der Waals surface area (Å²) >= 11 is 0. The Morgan fingerprint density at radius 1 is 0.521 bits per heavy atom. The third-order valence-corrected chi connectivity index (χ3v) is 15.9. The molecule has 2 heteroatoms. The van der Waals surface area contributed by atoms with Crippen molar-refractivity contribution < 1.29 is 0 Å². The molecule has 1 aliphatic rings. The molecule has 0 bridgehead atoms. The minimum absolute atomic E-state index is 0.0154. The van der Waals surface area contributed by atoms with Crippen LogP contribution in [-0.2, 0) is 10.8 Å². The van der Waals surface area contributed by atoms with E-state index in [1.165, 1.54) is 120 Å². The molecule has 0 spiro atoms. The van der Waals surface area contributed by atoms with Crippen LogP contribution < -0.4 is 0 Å². The summed E-state index contributed by atoms with van der Waals surface area (Å²) in [5, 5.41) is 0. The number of fused-ring (bicyclic) bond motifs is 4. The number of hydrogen-bond acceptors (Lipinski definition) is 2. The zero-order valence-electron chi connectivity index (χ0n) is 46.4. The molecule has 0 N–H and O–H groups in total. The van der Waals surface area contributed by atoms with E-state index in [0.29, 0.717) is 0 Å². The maximum absolute atomic E-state index is 5.74. The van der Waals surface area contributed by atoms with Crippen molar-refractivity contribution in [1.29, 1.82) is 0 Å². The second-order valence-electron chi connectivity index (χ2n) is 23.1. The molecule has 1 heterocycles. The first-order chi connectivity index (χ1) is 33.9. The van der Waals surface area contributed by atoms with Crippen LogP contribution >= 0.6 is 0 Å². The van der Waals surface area contributed by atoms with Crippen molar-refractivity contribution in [2.45, 2.75) is 185 Å². The van der Waals surface area contributed by atoms with Crippen molar-refractivity contribution in [1.82, 2.24) is 9.97 Å². The van der Waals surface area contributed by atoms with Gasteiger partial charge in [0.25, 0.3) is 0 Å². The van der Waals surface area contributed by atoms with Crippen molar-refractivity contribution >= 4 is 27.8 Å². The molecule has 0 amide bonds. The molecule has 6 aromatic rings. The molecular weight excluding hydrogens is 857 g/mol. The van der Waals surface area contributed by atoms with Crippen LogP contribution in [0.25, 0.3) is 61.4 Å². The predicted molar refractivity (Wildman–Crippen MR) is 312 cm³/mol. The summed E-state index contributed by atoms with van der Waals surface area (Å²) < 4.78 is 0. The van der Waals surface area contributed by atoms with Crippen LogP contribution in [0.4, 0.5) is 0 Å². The van der Waals surface area contributed by atoms with E-state index in [-0.39, 0.29) is 16.2 Å². The summed E-state index contributed by atoms with van der Waals surface area (Å²) in [6.07, 6.45) is 19.4. The Balaban J connectivity index is 1.43. The van der Waals surface area contributed by atoms with Gasteiger partial charge in [0.2, 0.25) is 0 Å². The number of nitrogens with zero attached hydrogens (tertiary/aromatic N) is 2. The standard InChI is InChI=1S/C69H86N2/c1-15-18-20-28-41-69(42-29-21-19-16-2)61-45-54(35-37-59(61)60-38-36-56(46-62(60)69)68(12,13)14)50(7)47(4)44-55(30-17-3)58-40-39-57(49(6)43-48(5)51(8)67(9,10)11)65-66(58)71-64(53-33-26-23-27-34-53)63(70-65)52-31-24-22-25-32-52/h22-27,31-40,43-46H,15-21,28-30,41-42H2,1-14H3/b49-43+,50-47+,51-48+,55-44+. The molecule has 7 rings (SSSR count). The zero-order chi connectivity index (χ0) is 51.1. The molecule has 0 radical (unpaired) electrons. The normalized spacial score (nSPS) is 14.6. The van der Waals surface area contributed by atoms with Gasteiger partial charge in [0, 0.05) is 27.7 Å². The number of benzene rings is 5. The second kappa shape index (κ2) is 22.9. The van der Waals surface area contributed by atoms with Crippen molar-refractivity contribution in [3.05, 3.63) is 171 Å². The summed E-state index contributed by atoms with van der Waals surface area (Å²) in [4.78, 5) is 11.4. The Labute approximate surface area is 431 Å².